The SMILES string of the molecule is CCCN(CCOCCCCN1CC[C@@H](C(C(N)=O)(c2ccccc2)c2ccccc2)C1)C1CCN(Cc2cnccc2OC)CC1. The van der Waals surface area contributed by atoms with Crippen LogP contribution in [0.15, 0.2) is 79.1 Å². The van der Waals surface area contributed by atoms with E-state index < -0.39 is 5.41 Å². The lowest BCUT2D eigenvalue weighted by atomic mass is 9.64. The molecule has 2 aliphatic heterocycles. The fourth-order valence-electron chi connectivity index (χ4n) is 7.92. The van der Waals surface area contributed by atoms with Gasteiger partial charge in [-0.2, -0.15) is 0 Å². The highest BCUT2D eigenvalue weighted by atomic mass is 16.5. The lowest BCUT2D eigenvalue weighted by Crippen LogP contribution is -2.49. The summed E-state index contributed by atoms with van der Waals surface area (Å²) in [6.45, 7) is 11.9. The second kappa shape index (κ2) is 17.7. The summed E-state index contributed by atoms with van der Waals surface area (Å²) in [5.41, 5.74) is 8.60. The zero-order valence-electron chi connectivity index (χ0n) is 28.6. The first-order chi connectivity index (χ1) is 23.1. The molecule has 1 amide bonds. The third kappa shape index (κ3) is 8.79. The highest BCUT2D eigenvalue weighted by molar-refractivity contribution is 5.91. The predicted molar refractivity (Wildman–Crippen MR) is 188 cm³/mol. The van der Waals surface area contributed by atoms with Crippen LogP contribution in [0.4, 0.5) is 0 Å². The van der Waals surface area contributed by atoms with Crippen molar-refractivity contribution in [3.8, 4) is 5.75 Å². The fourth-order valence-corrected chi connectivity index (χ4v) is 7.92. The number of unbranched alkanes of at least 4 members (excludes halogenated alkanes) is 1. The van der Waals surface area contributed by atoms with Gasteiger partial charge in [-0.3, -0.25) is 19.6 Å². The molecular formula is C39H55N5O3. The zero-order valence-corrected chi connectivity index (χ0v) is 28.6. The van der Waals surface area contributed by atoms with Crippen molar-refractivity contribution < 1.29 is 14.3 Å². The van der Waals surface area contributed by atoms with E-state index in [9.17, 15) is 4.79 Å². The number of carbonyl (C=O) groups excluding carboxylic acids is 1. The maximum absolute atomic E-state index is 13.3. The Kier molecular flexibility index (Phi) is 13.2. The third-order valence-corrected chi connectivity index (χ3v) is 10.3. The molecule has 47 heavy (non-hydrogen) atoms. The number of nitrogens with zero attached hydrogens (tertiary/aromatic N) is 4. The normalized spacial score (nSPS) is 18.1. The summed E-state index contributed by atoms with van der Waals surface area (Å²) in [5, 5.41) is 0. The average molecular weight is 642 g/mol. The van der Waals surface area contributed by atoms with Crippen LogP contribution in [0.3, 0.4) is 0 Å². The molecule has 8 heteroatoms. The van der Waals surface area contributed by atoms with E-state index >= 15 is 0 Å². The van der Waals surface area contributed by atoms with Crippen LogP contribution < -0.4 is 10.5 Å². The van der Waals surface area contributed by atoms with Crippen LogP contribution in [0.2, 0.25) is 0 Å². The molecule has 3 heterocycles. The summed E-state index contributed by atoms with van der Waals surface area (Å²) in [4.78, 5) is 25.3. The number of amides is 1. The van der Waals surface area contributed by atoms with E-state index in [1.165, 1.54) is 12.8 Å². The topological polar surface area (TPSA) is 84.2 Å². The molecule has 8 nitrogen and oxygen atoms in total. The van der Waals surface area contributed by atoms with Gasteiger partial charge in [-0.05, 0) is 94.4 Å². The molecule has 0 bridgehead atoms. The summed E-state index contributed by atoms with van der Waals surface area (Å²) >= 11 is 0. The molecule has 1 aromatic heterocycles. The van der Waals surface area contributed by atoms with Gasteiger partial charge in [-0.1, -0.05) is 67.6 Å². The van der Waals surface area contributed by atoms with Crippen molar-refractivity contribution >= 4 is 5.91 Å². The van der Waals surface area contributed by atoms with Crippen LogP contribution in [-0.2, 0) is 21.5 Å². The van der Waals surface area contributed by atoms with E-state index in [0.717, 1.165) is 114 Å². The lowest BCUT2D eigenvalue weighted by molar-refractivity contribution is -0.123. The Morgan fingerprint density at radius 2 is 1.60 bits per heavy atom. The lowest BCUT2D eigenvalue weighted by Gasteiger charge is -2.38. The number of ether oxygens (including phenoxy) is 2. The molecule has 0 spiro atoms. The molecule has 2 saturated heterocycles. The number of hydrogen-bond donors (Lipinski definition) is 1. The molecule has 0 radical (unpaired) electrons. The maximum atomic E-state index is 13.3. The second-order valence-electron chi connectivity index (χ2n) is 13.2. The van der Waals surface area contributed by atoms with Gasteiger partial charge in [-0.25, -0.2) is 0 Å². The number of nitrogens with two attached hydrogens (primary N) is 1. The first kappa shape index (κ1) is 35.0. The van der Waals surface area contributed by atoms with Gasteiger partial charge in [0, 0.05) is 50.2 Å². The van der Waals surface area contributed by atoms with Gasteiger partial charge < -0.3 is 20.1 Å². The van der Waals surface area contributed by atoms with Crippen molar-refractivity contribution in [2.24, 2.45) is 11.7 Å². The number of primary amides is 1. The predicted octanol–water partition coefficient (Wildman–Crippen LogP) is 5.36. The van der Waals surface area contributed by atoms with Crippen LogP contribution in [-0.4, -0.2) is 97.8 Å². The van der Waals surface area contributed by atoms with Crippen molar-refractivity contribution in [3.63, 3.8) is 0 Å². The Balaban J connectivity index is 1.03. The minimum absolute atomic E-state index is 0.135. The maximum Gasteiger partial charge on any atom is 0.232 e. The quantitative estimate of drug-likeness (QED) is 0.187. The molecule has 0 unspecified atom stereocenters. The van der Waals surface area contributed by atoms with E-state index in [4.69, 9.17) is 15.2 Å². The van der Waals surface area contributed by atoms with Crippen molar-refractivity contribution in [2.75, 3.05) is 66.1 Å². The minimum Gasteiger partial charge on any atom is -0.496 e. The first-order valence-electron chi connectivity index (χ1n) is 17.7. The zero-order chi connectivity index (χ0) is 32.9. The van der Waals surface area contributed by atoms with Gasteiger partial charge in [0.2, 0.25) is 5.91 Å². The van der Waals surface area contributed by atoms with E-state index in [1.54, 1.807) is 13.3 Å². The number of methoxy groups -OCH3 is 1. The number of carbonyl (C=O) groups is 1. The van der Waals surface area contributed by atoms with Gasteiger partial charge in [0.05, 0.1) is 13.7 Å². The molecule has 0 saturated carbocycles. The van der Waals surface area contributed by atoms with E-state index in [0.29, 0.717) is 6.04 Å². The van der Waals surface area contributed by atoms with Gasteiger partial charge in [0.15, 0.2) is 0 Å². The number of aromatic nitrogens is 1. The number of benzene rings is 2. The average Bonchev–Trinajstić information content (AvgIpc) is 3.58. The van der Waals surface area contributed by atoms with Crippen molar-refractivity contribution in [2.45, 2.75) is 63.5 Å². The van der Waals surface area contributed by atoms with Crippen LogP contribution in [0.25, 0.3) is 0 Å². The summed E-state index contributed by atoms with van der Waals surface area (Å²) in [6, 6.07) is 22.8. The van der Waals surface area contributed by atoms with Crippen molar-refractivity contribution in [1.82, 2.24) is 19.7 Å². The molecule has 2 fully saturated rings. The Morgan fingerprint density at radius 1 is 0.915 bits per heavy atom. The third-order valence-electron chi connectivity index (χ3n) is 10.3. The minimum atomic E-state index is -0.825. The Morgan fingerprint density at radius 3 is 2.23 bits per heavy atom. The number of likely N-dealkylation sites (tertiary alicyclic amines) is 2. The standard InChI is InChI=1S/C39H55N5O3/c1-3-21-44(36-18-24-43(25-19-36)30-32-29-41-20-16-37(32)46-2)26-28-47-27-11-10-22-42-23-17-35(31-42)39(38(40)45,33-12-6-4-7-13-33)34-14-8-5-9-15-34/h4-9,12-16,20,29,35-36H,3,10-11,17-19,21-28,30-31H2,1-2H3,(H2,40,45)/t35-/m1/s1. The smallest absolute Gasteiger partial charge is 0.232 e. The summed E-state index contributed by atoms with van der Waals surface area (Å²) in [6.07, 6.45) is 10.3. The molecule has 5 rings (SSSR count). The summed E-state index contributed by atoms with van der Waals surface area (Å²) < 4.78 is 11.7. The van der Waals surface area contributed by atoms with Gasteiger partial charge in [0.1, 0.15) is 11.2 Å². The van der Waals surface area contributed by atoms with E-state index in [2.05, 4.69) is 50.9 Å². The monoisotopic (exact) mass is 641 g/mol. The highest BCUT2D eigenvalue weighted by Crippen LogP contribution is 2.43. The van der Waals surface area contributed by atoms with Crippen LogP contribution in [0.5, 0.6) is 5.75 Å². The fraction of sp³-hybridized carbons (Fsp3) is 0.538. The van der Waals surface area contributed by atoms with Crippen LogP contribution >= 0.6 is 0 Å². The molecule has 254 valence electrons. The Labute approximate surface area is 282 Å². The van der Waals surface area contributed by atoms with Crippen LogP contribution in [0.1, 0.15) is 62.1 Å². The molecule has 1 atom stereocenters. The number of hydrogen-bond acceptors (Lipinski definition) is 7. The molecule has 3 aromatic rings. The van der Waals surface area contributed by atoms with Crippen molar-refractivity contribution in [1.29, 1.82) is 0 Å². The van der Waals surface area contributed by atoms with E-state index in [-0.39, 0.29) is 11.8 Å². The number of rotatable bonds is 18. The first-order valence-corrected chi connectivity index (χ1v) is 17.7. The number of piperidine rings is 1. The van der Waals surface area contributed by atoms with Gasteiger partial charge >= 0.3 is 0 Å². The molecule has 2 aromatic carbocycles. The second-order valence-corrected chi connectivity index (χ2v) is 13.2. The van der Waals surface area contributed by atoms with Gasteiger partial charge in [-0.15, -0.1) is 0 Å². The van der Waals surface area contributed by atoms with Crippen LogP contribution in [0, 0.1) is 5.92 Å². The molecule has 2 N–H and O–H groups in total. The summed E-state index contributed by atoms with van der Waals surface area (Å²) in [5.74, 6) is 0.798. The Hall–Kier alpha value is -3.30. The number of pyridine rings is 1. The molecule has 0 aliphatic carbocycles. The molecular weight excluding hydrogens is 586 g/mol. The largest absolute Gasteiger partial charge is 0.496 e. The van der Waals surface area contributed by atoms with Gasteiger partial charge in [0.25, 0.3) is 0 Å². The van der Waals surface area contributed by atoms with E-state index in [1.807, 2.05) is 48.7 Å². The van der Waals surface area contributed by atoms with Crippen molar-refractivity contribution in [3.05, 3.63) is 95.8 Å². The Bertz CT molecular complexity index is 1310. The summed E-state index contributed by atoms with van der Waals surface area (Å²) in [7, 11) is 1.73. The molecule has 2 aliphatic rings. The highest BCUT2D eigenvalue weighted by Gasteiger charge is 2.49.